The van der Waals surface area contributed by atoms with Gasteiger partial charge in [-0.2, -0.15) is 0 Å². The van der Waals surface area contributed by atoms with Crippen molar-refractivity contribution in [1.29, 1.82) is 0 Å². The van der Waals surface area contributed by atoms with Crippen molar-refractivity contribution in [1.82, 2.24) is 9.97 Å². The van der Waals surface area contributed by atoms with Crippen LogP contribution in [0.1, 0.15) is 37.7 Å². The Morgan fingerprint density at radius 3 is 2.57 bits per heavy atom. The van der Waals surface area contributed by atoms with Crippen molar-refractivity contribution in [3.8, 4) is 0 Å². The molecule has 0 spiro atoms. The highest BCUT2D eigenvalue weighted by atomic mass is 35.5. The Labute approximate surface area is 130 Å². The minimum absolute atomic E-state index is 0.145. The second-order valence-electron chi connectivity index (χ2n) is 6.14. The zero-order valence-corrected chi connectivity index (χ0v) is 13.6. The Morgan fingerprint density at radius 2 is 1.95 bits per heavy atom. The molecule has 0 bridgehead atoms. The van der Waals surface area contributed by atoms with Crippen LogP contribution in [0, 0.1) is 6.92 Å². The van der Waals surface area contributed by atoms with Crippen LogP contribution < -0.4 is 11.1 Å². The highest BCUT2D eigenvalue weighted by Gasteiger charge is 2.20. The van der Waals surface area contributed by atoms with Gasteiger partial charge in [0.05, 0.1) is 0 Å². The average molecular weight is 305 g/mol. The molecule has 0 radical (unpaired) electrons. The van der Waals surface area contributed by atoms with E-state index < -0.39 is 0 Å². The number of aromatic nitrogens is 2. The molecule has 112 valence electrons. The number of nitrogens with two attached hydrogens (primary N) is 1. The van der Waals surface area contributed by atoms with E-state index in [4.69, 9.17) is 17.3 Å². The standard InChI is InChI=1S/C16H21ClN4/c1-10-13(18)20-15(16(2,3)4)21-14(10)19-9-11-6-5-7-12(17)8-11/h5-8H,9H2,1-4H3,(H3,18,19,20,21). The molecule has 1 aromatic carbocycles. The third-order valence-electron chi connectivity index (χ3n) is 3.20. The number of hydrogen-bond donors (Lipinski definition) is 2. The molecule has 2 rings (SSSR count). The van der Waals surface area contributed by atoms with Gasteiger partial charge in [-0.3, -0.25) is 0 Å². The second-order valence-corrected chi connectivity index (χ2v) is 6.58. The van der Waals surface area contributed by atoms with Gasteiger partial charge in [-0.25, -0.2) is 9.97 Å². The van der Waals surface area contributed by atoms with Gasteiger partial charge in [0.25, 0.3) is 0 Å². The summed E-state index contributed by atoms with van der Waals surface area (Å²) in [6, 6.07) is 7.74. The molecule has 0 atom stereocenters. The molecule has 0 unspecified atom stereocenters. The van der Waals surface area contributed by atoms with Crippen molar-refractivity contribution in [2.24, 2.45) is 0 Å². The van der Waals surface area contributed by atoms with E-state index in [1.807, 2.05) is 31.2 Å². The fraction of sp³-hybridized carbons (Fsp3) is 0.375. The number of anilines is 2. The lowest BCUT2D eigenvalue weighted by Crippen LogP contribution is -2.19. The summed E-state index contributed by atoms with van der Waals surface area (Å²) in [4.78, 5) is 8.99. The van der Waals surface area contributed by atoms with E-state index in [0.29, 0.717) is 12.4 Å². The largest absolute Gasteiger partial charge is 0.383 e. The van der Waals surface area contributed by atoms with Gasteiger partial charge in [0, 0.05) is 22.5 Å². The Kier molecular flexibility index (Phi) is 4.37. The first-order valence-corrected chi connectivity index (χ1v) is 7.28. The van der Waals surface area contributed by atoms with Gasteiger partial charge < -0.3 is 11.1 Å². The van der Waals surface area contributed by atoms with Gasteiger partial charge in [0.15, 0.2) is 0 Å². The van der Waals surface area contributed by atoms with Crippen LogP contribution in [0.2, 0.25) is 5.02 Å². The van der Waals surface area contributed by atoms with Gasteiger partial charge in [0.1, 0.15) is 17.5 Å². The lowest BCUT2D eigenvalue weighted by Gasteiger charge is -2.19. The monoisotopic (exact) mass is 304 g/mol. The molecule has 0 aliphatic carbocycles. The molecule has 0 fully saturated rings. The first-order chi connectivity index (χ1) is 9.77. The van der Waals surface area contributed by atoms with Crippen LogP contribution in [0.4, 0.5) is 11.6 Å². The summed E-state index contributed by atoms with van der Waals surface area (Å²) in [5.41, 5.74) is 7.81. The molecule has 3 N–H and O–H groups in total. The predicted octanol–water partition coefficient (Wildman–Crippen LogP) is 3.93. The number of nitrogens with zero attached hydrogens (tertiary/aromatic N) is 2. The molecule has 0 aliphatic heterocycles. The SMILES string of the molecule is Cc1c(N)nc(C(C)(C)C)nc1NCc1cccc(Cl)c1. The smallest absolute Gasteiger partial charge is 0.138 e. The van der Waals surface area contributed by atoms with Crippen molar-refractivity contribution in [2.75, 3.05) is 11.1 Å². The summed E-state index contributed by atoms with van der Waals surface area (Å²) < 4.78 is 0. The van der Waals surface area contributed by atoms with Crippen LogP contribution in [-0.2, 0) is 12.0 Å². The molecule has 21 heavy (non-hydrogen) atoms. The summed E-state index contributed by atoms with van der Waals surface area (Å²) in [5.74, 6) is 2.02. The van der Waals surface area contributed by atoms with E-state index in [1.54, 1.807) is 0 Å². The van der Waals surface area contributed by atoms with Crippen molar-refractivity contribution < 1.29 is 0 Å². The molecule has 2 aromatic rings. The molecule has 4 nitrogen and oxygen atoms in total. The highest BCUT2D eigenvalue weighted by molar-refractivity contribution is 6.30. The topological polar surface area (TPSA) is 63.8 Å². The maximum Gasteiger partial charge on any atom is 0.138 e. The van der Waals surface area contributed by atoms with Crippen LogP contribution in [0.25, 0.3) is 0 Å². The van der Waals surface area contributed by atoms with Gasteiger partial charge in [-0.15, -0.1) is 0 Å². The summed E-state index contributed by atoms with van der Waals surface area (Å²) in [6.45, 7) is 8.76. The minimum Gasteiger partial charge on any atom is -0.383 e. The number of halogens is 1. The molecular formula is C16H21ClN4. The highest BCUT2D eigenvalue weighted by Crippen LogP contribution is 2.25. The van der Waals surface area contributed by atoms with E-state index in [2.05, 4.69) is 36.1 Å². The third kappa shape index (κ3) is 3.85. The zero-order valence-electron chi connectivity index (χ0n) is 12.9. The molecule has 5 heteroatoms. The number of hydrogen-bond acceptors (Lipinski definition) is 4. The molecule has 0 aliphatic rings. The fourth-order valence-electron chi connectivity index (χ4n) is 1.87. The minimum atomic E-state index is -0.145. The summed E-state index contributed by atoms with van der Waals surface area (Å²) >= 11 is 5.99. The molecule has 1 heterocycles. The van der Waals surface area contributed by atoms with E-state index in [1.165, 1.54) is 0 Å². The van der Waals surface area contributed by atoms with Crippen molar-refractivity contribution in [2.45, 2.75) is 39.7 Å². The van der Waals surface area contributed by atoms with Gasteiger partial charge in [0.2, 0.25) is 0 Å². The summed E-state index contributed by atoms with van der Waals surface area (Å²) in [6.07, 6.45) is 0. The molecule has 0 amide bonds. The van der Waals surface area contributed by atoms with E-state index in [9.17, 15) is 0 Å². The van der Waals surface area contributed by atoms with Crippen LogP contribution in [0.15, 0.2) is 24.3 Å². The average Bonchev–Trinajstić information content (AvgIpc) is 2.39. The van der Waals surface area contributed by atoms with E-state index in [0.717, 1.165) is 27.8 Å². The zero-order chi connectivity index (χ0) is 15.6. The number of nitrogen functional groups attached to an aromatic ring is 1. The number of rotatable bonds is 3. The maximum absolute atomic E-state index is 6.00. The van der Waals surface area contributed by atoms with Gasteiger partial charge in [-0.05, 0) is 24.6 Å². The number of benzene rings is 1. The maximum atomic E-state index is 6.00. The van der Waals surface area contributed by atoms with Crippen LogP contribution in [0.3, 0.4) is 0 Å². The first-order valence-electron chi connectivity index (χ1n) is 6.90. The molecular weight excluding hydrogens is 284 g/mol. The van der Waals surface area contributed by atoms with Crippen LogP contribution in [-0.4, -0.2) is 9.97 Å². The Morgan fingerprint density at radius 1 is 1.24 bits per heavy atom. The van der Waals surface area contributed by atoms with Crippen molar-refractivity contribution in [3.63, 3.8) is 0 Å². The third-order valence-corrected chi connectivity index (χ3v) is 3.44. The molecule has 0 saturated heterocycles. The lowest BCUT2D eigenvalue weighted by atomic mass is 9.95. The summed E-state index contributed by atoms with van der Waals surface area (Å²) in [7, 11) is 0. The Balaban J connectivity index is 2.25. The van der Waals surface area contributed by atoms with Crippen molar-refractivity contribution in [3.05, 3.63) is 46.2 Å². The van der Waals surface area contributed by atoms with Gasteiger partial charge >= 0.3 is 0 Å². The second kappa shape index (κ2) is 5.90. The quantitative estimate of drug-likeness (QED) is 0.902. The summed E-state index contributed by atoms with van der Waals surface area (Å²) in [5, 5.41) is 4.05. The van der Waals surface area contributed by atoms with Crippen LogP contribution >= 0.6 is 11.6 Å². The van der Waals surface area contributed by atoms with Crippen LogP contribution in [0.5, 0.6) is 0 Å². The van der Waals surface area contributed by atoms with E-state index in [-0.39, 0.29) is 5.41 Å². The van der Waals surface area contributed by atoms with E-state index >= 15 is 0 Å². The Hall–Kier alpha value is -1.81. The van der Waals surface area contributed by atoms with Gasteiger partial charge in [-0.1, -0.05) is 44.5 Å². The number of nitrogens with one attached hydrogen (secondary N) is 1. The Bertz CT molecular complexity index is 647. The molecule has 0 saturated carbocycles. The predicted molar refractivity (Wildman–Crippen MR) is 88.7 cm³/mol. The lowest BCUT2D eigenvalue weighted by molar-refractivity contribution is 0.546. The normalized spacial score (nSPS) is 11.5. The fourth-order valence-corrected chi connectivity index (χ4v) is 2.09. The van der Waals surface area contributed by atoms with Crippen molar-refractivity contribution >= 4 is 23.2 Å². The molecule has 1 aromatic heterocycles. The first kappa shape index (κ1) is 15.6.